The van der Waals surface area contributed by atoms with Crippen molar-refractivity contribution in [3.8, 4) is 0 Å². The van der Waals surface area contributed by atoms with E-state index in [1.54, 1.807) is 6.92 Å². The maximum atomic E-state index is 9.58. The molecule has 0 spiro atoms. The first kappa shape index (κ1) is 14.7. The molecule has 1 unspecified atom stereocenters. The van der Waals surface area contributed by atoms with Crippen molar-refractivity contribution in [1.82, 2.24) is 0 Å². The van der Waals surface area contributed by atoms with Crippen LogP contribution >= 0.6 is 11.6 Å². The predicted molar refractivity (Wildman–Crippen MR) is 81.9 cm³/mol. The van der Waals surface area contributed by atoms with Crippen molar-refractivity contribution in [3.63, 3.8) is 0 Å². The number of hydrogen-bond donors (Lipinski definition) is 1. The van der Waals surface area contributed by atoms with Crippen molar-refractivity contribution in [2.75, 3.05) is 18.0 Å². The maximum absolute atomic E-state index is 9.58. The number of benzene rings is 1. The Hall–Kier alpha value is -0.730. The van der Waals surface area contributed by atoms with Crippen molar-refractivity contribution in [3.05, 3.63) is 28.8 Å². The molecular weight excluding hydrogens is 258 g/mol. The fourth-order valence-corrected chi connectivity index (χ4v) is 3.03. The highest BCUT2D eigenvalue weighted by atomic mass is 35.5. The van der Waals surface area contributed by atoms with Crippen LogP contribution in [0.2, 0.25) is 5.02 Å². The van der Waals surface area contributed by atoms with Crippen LogP contribution in [0, 0.1) is 11.3 Å². The van der Waals surface area contributed by atoms with E-state index in [2.05, 4.69) is 25.7 Å². The van der Waals surface area contributed by atoms with Crippen LogP contribution in [0.5, 0.6) is 0 Å². The van der Waals surface area contributed by atoms with Gasteiger partial charge in [0.1, 0.15) is 0 Å². The lowest BCUT2D eigenvalue weighted by Crippen LogP contribution is -2.26. The third-order valence-corrected chi connectivity index (χ3v) is 4.51. The number of rotatable bonds is 2. The zero-order valence-corrected chi connectivity index (χ0v) is 13.0. The van der Waals surface area contributed by atoms with Gasteiger partial charge in [0.25, 0.3) is 0 Å². The zero-order valence-electron chi connectivity index (χ0n) is 12.3. The lowest BCUT2D eigenvalue weighted by molar-refractivity contribution is 0.199. The first-order valence-electron chi connectivity index (χ1n) is 7.01. The highest BCUT2D eigenvalue weighted by Gasteiger charge is 2.32. The topological polar surface area (TPSA) is 23.5 Å². The molecule has 106 valence electrons. The molecule has 0 amide bonds. The van der Waals surface area contributed by atoms with Crippen LogP contribution in [0.1, 0.15) is 45.8 Å². The molecule has 0 bridgehead atoms. The van der Waals surface area contributed by atoms with Crippen molar-refractivity contribution in [1.29, 1.82) is 0 Å². The molecule has 1 heterocycles. The highest BCUT2D eigenvalue weighted by molar-refractivity contribution is 6.33. The Morgan fingerprint density at radius 3 is 2.53 bits per heavy atom. The first-order chi connectivity index (χ1) is 8.79. The molecule has 1 N–H and O–H groups in total. The average Bonchev–Trinajstić information content (AvgIpc) is 2.77. The molecular formula is C16H24ClNO. The van der Waals surface area contributed by atoms with Crippen LogP contribution in [0.15, 0.2) is 18.2 Å². The van der Waals surface area contributed by atoms with Gasteiger partial charge in [-0.05, 0) is 42.4 Å². The normalized spacial score (nSPS) is 21.8. The summed E-state index contributed by atoms with van der Waals surface area (Å²) < 4.78 is 0. The van der Waals surface area contributed by atoms with Gasteiger partial charge in [-0.15, -0.1) is 0 Å². The van der Waals surface area contributed by atoms with Crippen LogP contribution in [0.4, 0.5) is 5.69 Å². The molecule has 0 aromatic heterocycles. The van der Waals surface area contributed by atoms with E-state index in [0.29, 0.717) is 11.3 Å². The van der Waals surface area contributed by atoms with E-state index >= 15 is 0 Å². The van der Waals surface area contributed by atoms with Gasteiger partial charge in [-0.3, -0.25) is 0 Å². The summed E-state index contributed by atoms with van der Waals surface area (Å²) in [6.45, 7) is 10.8. The van der Waals surface area contributed by atoms with Crippen LogP contribution < -0.4 is 4.90 Å². The third-order valence-electron chi connectivity index (χ3n) is 4.21. The van der Waals surface area contributed by atoms with E-state index < -0.39 is 6.10 Å². The van der Waals surface area contributed by atoms with E-state index in [-0.39, 0.29) is 0 Å². The summed E-state index contributed by atoms with van der Waals surface area (Å²) in [6.07, 6.45) is 0.755. The summed E-state index contributed by atoms with van der Waals surface area (Å²) >= 11 is 6.36. The number of hydrogen-bond acceptors (Lipinski definition) is 2. The Balaban J connectivity index is 2.16. The second kappa shape index (κ2) is 5.34. The molecule has 1 aromatic rings. The summed E-state index contributed by atoms with van der Waals surface area (Å²) in [4.78, 5) is 2.37. The van der Waals surface area contributed by atoms with Gasteiger partial charge in [0.15, 0.2) is 0 Å². The van der Waals surface area contributed by atoms with Crippen LogP contribution in [-0.2, 0) is 0 Å². The Bertz CT molecular complexity index is 451. The average molecular weight is 282 g/mol. The van der Waals surface area contributed by atoms with Crippen molar-refractivity contribution in [2.24, 2.45) is 11.3 Å². The van der Waals surface area contributed by atoms with Gasteiger partial charge in [-0.25, -0.2) is 0 Å². The number of aliphatic hydroxyl groups is 1. The van der Waals surface area contributed by atoms with Crippen molar-refractivity contribution in [2.45, 2.75) is 40.2 Å². The number of aliphatic hydroxyl groups excluding tert-OH is 1. The second-order valence-electron chi connectivity index (χ2n) is 6.68. The van der Waals surface area contributed by atoms with Gasteiger partial charge in [-0.1, -0.05) is 38.4 Å². The monoisotopic (exact) mass is 281 g/mol. The first-order valence-corrected chi connectivity index (χ1v) is 7.39. The SMILES string of the molecule is C[C@H](O)c1ccc(N2CCC(C(C)(C)C)C2)c(Cl)c1. The number of anilines is 1. The van der Waals surface area contributed by atoms with Gasteiger partial charge in [-0.2, -0.15) is 0 Å². The van der Waals surface area contributed by atoms with Gasteiger partial charge in [0.05, 0.1) is 16.8 Å². The van der Waals surface area contributed by atoms with Gasteiger partial charge in [0.2, 0.25) is 0 Å². The lowest BCUT2D eigenvalue weighted by atomic mass is 9.80. The molecule has 1 aromatic carbocycles. The molecule has 0 aliphatic carbocycles. The van der Waals surface area contributed by atoms with E-state index in [1.807, 2.05) is 18.2 Å². The van der Waals surface area contributed by atoms with E-state index in [9.17, 15) is 5.11 Å². The quantitative estimate of drug-likeness (QED) is 0.875. The second-order valence-corrected chi connectivity index (χ2v) is 7.09. The maximum Gasteiger partial charge on any atom is 0.0762 e. The van der Waals surface area contributed by atoms with Crippen LogP contribution in [-0.4, -0.2) is 18.2 Å². The van der Waals surface area contributed by atoms with Gasteiger partial charge >= 0.3 is 0 Å². The lowest BCUT2D eigenvalue weighted by Gasteiger charge is -2.28. The fraction of sp³-hybridized carbons (Fsp3) is 0.625. The summed E-state index contributed by atoms with van der Waals surface area (Å²) in [5.74, 6) is 0.708. The minimum atomic E-state index is -0.465. The molecule has 2 nitrogen and oxygen atoms in total. The summed E-state index contributed by atoms with van der Waals surface area (Å²) in [7, 11) is 0. The van der Waals surface area contributed by atoms with Gasteiger partial charge in [0, 0.05) is 13.1 Å². The third kappa shape index (κ3) is 3.24. The smallest absolute Gasteiger partial charge is 0.0762 e. The molecule has 2 atom stereocenters. The molecule has 3 heteroatoms. The molecule has 0 saturated carbocycles. The van der Waals surface area contributed by atoms with E-state index in [1.165, 1.54) is 6.42 Å². The standard InChI is InChI=1S/C16H24ClNO/c1-11(19)12-5-6-15(14(17)9-12)18-8-7-13(10-18)16(2,3)4/h5-6,9,11,13,19H,7-8,10H2,1-4H3/t11-,13?/m0/s1. The summed E-state index contributed by atoms with van der Waals surface area (Å²) in [5, 5.41) is 10.3. The molecule has 1 fully saturated rings. The Kier molecular flexibility index (Phi) is 4.12. The molecule has 1 aliphatic rings. The Morgan fingerprint density at radius 1 is 1.37 bits per heavy atom. The molecule has 19 heavy (non-hydrogen) atoms. The number of halogens is 1. The summed E-state index contributed by atoms with van der Waals surface area (Å²) in [6, 6.07) is 5.89. The fourth-order valence-electron chi connectivity index (χ4n) is 2.73. The Morgan fingerprint density at radius 2 is 2.05 bits per heavy atom. The van der Waals surface area contributed by atoms with Crippen LogP contribution in [0.25, 0.3) is 0 Å². The molecule has 0 radical (unpaired) electrons. The number of nitrogens with zero attached hydrogens (tertiary/aromatic N) is 1. The molecule has 2 rings (SSSR count). The Labute approximate surface area is 121 Å². The molecule has 1 saturated heterocycles. The van der Waals surface area contributed by atoms with Crippen molar-refractivity contribution < 1.29 is 5.11 Å². The van der Waals surface area contributed by atoms with Crippen LogP contribution in [0.3, 0.4) is 0 Å². The summed E-state index contributed by atoms with van der Waals surface area (Å²) in [5.41, 5.74) is 2.32. The highest BCUT2D eigenvalue weighted by Crippen LogP contribution is 2.38. The van der Waals surface area contributed by atoms with Gasteiger partial charge < -0.3 is 10.0 Å². The van der Waals surface area contributed by atoms with E-state index in [4.69, 9.17) is 11.6 Å². The van der Waals surface area contributed by atoms with E-state index in [0.717, 1.165) is 29.4 Å². The van der Waals surface area contributed by atoms with Crippen molar-refractivity contribution >= 4 is 17.3 Å². The zero-order chi connectivity index (χ0) is 14.2. The largest absolute Gasteiger partial charge is 0.389 e. The predicted octanol–water partition coefficient (Wildman–Crippen LogP) is 4.27. The molecule has 1 aliphatic heterocycles. The minimum Gasteiger partial charge on any atom is -0.389 e. The minimum absolute atomic E-state index is 0.348.